The lowest BCUT2D eigenvalue weighted by atomic mass is 9.87. The minimum absolute atomic E-state index is 0.00145. The summed E-state index contributed by atoms with van der Waals surface area (Å²) in [6.07, 6.45) is 2.47. The Morgan fingerprint density at radius 2 is 2.05 bits per heavy atom. The molecule has 4 amide bonds. The molecule has 37 heavy (non-hydrogen) atoms. The lowest BCUT2D eigenvalue weighted by molar-refractivity contribution is -0.136. The number of halogens is 2. The summed E-state index contributed by atoms with van der Waals surface area (Å²) in [5.74, 6) is -2.16. The Morgan fingerprint density at radius 3 is 2.84 bits per heavy atom. The molecular weight excluding hydrogens is 505 g/mol. The van der Waals surface area contributed by atoms with Gasteiger partial charge in [-0.2, -0.15) is 10.2 Å². The number of alkyl carbamates (subject to hydrolysis) is 1. The van der Waals surface area contributed by atoms with Crippen LogP contribution in [0.1, 0.15) is 77.0 Å². The maximum absolute atomic E-state index is 15.3. The predicted molar refractivity (Wildman–Crippen MR) is 128 cm³/mol. The van der Waals surface area contributed by atoms with Crippen LogP contribution in [0, 0.1) is 5.82 Å². The zero-order chi connectivity index (χ0) is 26.3. The first-order valence-corrected chi connectivity index (χ1v) is 12.5. The minimum Gasteiger partial charge on any atom is -0.443 e. The molecule has 194 valence electrons. The van der Waals surface area contributed by atoms with E-state index in [2.05, 4.69) is 27.8 Å². The normalized spacial score (nSPS) is 20.8. The highest BCUT2D eigenvalue weighted by molar-refractivity contribution is 6.32. The number of carbonyl (C=O) groups excluding carboxylic acids is 4. The second kappa shape index (κ2) is 10.0. The molecule has 10 nitrogen and oxygen atoms in total. The molecule has 2 N–H and O–H groups in total. The molecule has 2 aromatic rings. The standard InChI is InChI=1S/C25H25ClFN5O5/c1-12-3-2-4-18-15(12)8-14(30-31-18)11-37-25(36)28-9-13-7-17(26)16-10-32(24(35)21(16)22(13)27)19-5-6-20(33)29-23(19)34/h7-8,12,19H,2-6,9-11H2,1H3,(H,28,36)(H,29,33,34). The van der Waals surface area contributed by atoms with Gasteiger partial charge in [-0.05, 0) is 49.3 Å². The molecule has 0 bridgehead atoms. The van der Waals surface area contributed by atoms with E-state index in [0.717, 1.165) is 30.5 Å². The molecule has 0 saturated carbocycles. The molecule has 2 aliphatic heterocycles. The highest BCUT2D eigenvalue weighted by Gasteiger charge is 2.42. The van der Waals surface area contributed by atoms with Gasteiger partial charge in [-0.1, -0.05) is 18.5 Å². The Hall–Kier alpha value is -3.60. The van der Waals surface area contributed by atoms with E-state index in [0.29, 0.717) is 11.6 Å². The number of carbonyl (C=O) groups is 4. The van der Waals surface area contributed by atoms with E-state index in [9.17, 15) is 19.2 Å². The molecule has 1 saturated heterocycles. The van der Waals surface area contributed by atoms with Crippen LogP contribution in [0.5, 0.6) is 0 Å². The summed E-state index contributed by atoms with van der Waals surface area (Å²) in [5.41, 5.74) is 2.64. The first kappa shape index (κ1) is 25.1. The van der Waals surface area contributed by atoms with E-state index in [1.54, 1.807) is 0 Å². The molecule has 1 aromatic heterocycles. The number of ether oxygens (including phenoxy) is 1. The van der Waals surface area contributed by atoms with E-state index in [-0.39, 0.29) is 54.3 Å². The molecule has 3 aliphatic rings. The summed E-state index contributed by atoms with van der Waals surface area (Å²) >= 11 is 6.34. The molecule has 1 aliphatic carbocycles. The summed E-state index contributed by atoms with van der Waals surface area (Å²) in [4.78, 5) is 50.2. The topological polar surface area (TPSA) is 131 Å². The predicted octanol–water partition coefficient (Wildman–Crippen LogP) is 2.90. The van der Waals surface area contributed by atoms with Gasteiger partial charge in [0.15, 0.2) is 0 Å². The van der Waals surface area contributed by atoms with Gasteiger partial charge in [0.05, 0.1) is 11.3 Å². The SMILES string of the molecule is CC1CCCc2nnc(COC(=O)NCc3cc(Cl)c4c(c3F)C(=O)N(C3CCC(=O)NC3=O)C4)cc21. The fraction of sp³-hybridized carbons (Fsp3) is 0.440. The molecule has 2 unspecified atom stereocenters. The molecule has 1 aromatic carbocycles. The molecule has 1 fully saturated rings. The fourth-order valence-electron chi connectivity index (χ4n) is 5.09. The van der Waals surface area contributed by atoms with Crippen LogP contribution in [0.15, 0.2) is 12.1 Å². The van der Waals surface area contributed by atoms with Gasteiger partial charge < -0.3 is 15.0 Å². The number of piperidine rings is 1. The van der Waals surface area contributed by atoms with E-state index in [4.69, 9.17) is 16.3 Å². The van der Waals surface area contributed by atoms with Crippen molar-refractivity contribution in [1.29, 1.82) is 0 Å². The third kappa shape index (κ3) is 4.87. The quantitative estimate of drug-likeness (QED) is 0.569. The van der Waals surface area contributed by atoms with Crippen LogP contribution in [0.25, 0.3) is 0 Å². The minimum atomic E-state index is -0.890. The highest BCUT2D eigenvalue weighted by Crippen LogP contribution is 2.35. The third-order valence-corrected chi connectivity index (χ3v) is 7.43. The van der Waals surface area contributed by atoms with Crippen LogP contribution in [0.3, 0.4) is 0 Å². The number of hydrogen-bond acceptors (Lipinski definition) is 7. The van der Waals surface area contributed by atoms with Gasteiger partial charge >= 0.3 is 6.09 Å². The van der Waals surface area contributed by atoms with Crippen molar-refractivity contribution in [3.8, 4) is 0 Å². The lowest BCUT2D eigenvalue weighted by Gasteiger charge is -2.29. The van der Waals surface area contributed by atoms with Crippen molar-refractivity contribution < 1.29 is 28.3 Å². The number of imide groups is 1. The van der Waals surface area contributed by atoms with Crippen molar-refractivity contribution in [3.63, 3.8) is 0 Å². The van der Waals surface area contributed by atoms with Crippen molar-refractivity contribution in [2.24, 2.45) is 0 Å². The van der Waals surface area contributed by atoms with Crippen molar-refractivity contribution in [2.75, 3.05) is 0 Å². The fourth-order valence-corrected chi connectivity index (χ4v) is 5.38. The molecule has 0 spiro atoms. The Labute approximate surface area is 216 Å². The number of fused-ring (bicyclic) bond motifs is 2. The third-order valence-electron chi connectivity index (χ3n) is 7.09. The second-order valence-corrected chi connectivity index (χ2v) is 9.95. The molecule has 3 heterocycles. The van der Waals surface area contributed by atoms with E-state index in [1.807, 2.05) is 6.07 Å². The average Bonchev–Trinajstić information content (AvgIpc) is 3.22. The van der Waals surface area contributed by atoms with Crippen molar-refractivity contribution in [2.45, 2.75) is 70.7 Å². The molecule has 2 atom stereocenters. The molecule has 5 rings (SSSR count). The largest absolute Gasteiger partial charge is 0.443 e. The van der Waals surface area contributed by atoms with Crippen molar-refractivity contribution in [3.05, 3.63) is 56.6 Å². The van der Waals surface area contributed by atoms with Crippen LogP contribution >= 0.6 is 11.6 Å². The van der Waals surface area contributed by atoms with E-state index < -0.39 is 35.7 Å². The average molecular weight is 530 g/mol. The zero-order valence-corrected chi connectivity index (χ0v) is 20.9. The molecular formula is C25H25ClFN5O5. The number of hydrogen-bond donors (Lipinski definition) is 2. The monoisotopic (exact) mass is 529 g/mol. The smallest absolute Gasteiger partial charge is 0.407 e. The van der Waals surface area contributed by atoms with Gasteiger partial charge in [0.25, 0.3) is 5.91 Å². The summed E-state index contributed by atoms with van der Waals surface area (Å²) in [6.45, 7) is 1.72. The van der Waals surface area contributed by atoms with E-state index in [1.165, 1.54) is 11.0 Å². The number of nitrogens with zero attached hydrogens (tertiary/aromatic N) is 3. The Kier molecular flexibility index (Phi) is 6.80. The van der Waals surface area contributed by atoms with Gasteiger partial charge in [0.1, 0.15) is 24.2 Å². The number of rotatable bonds is 5. The molecule has 12 heteroatoms. The van der Waals surface area contributed by atoms with Crippen LogP contribution in [-0.4, -0.2) is 45.0 Å². The van der Waals surface area contributed by atoms with E-state index >= 15 is 4.39 Å². The van der Waals surface area contributed by atoms with Crippen LogP contribution in [0.4, 0.5) is 9.18 Å². The number of amides is 4. The summed E-state index contributed by atoms with van der Waals surface area (Å²) in [6, 6.07) is 2.35. The number of benzene rings is 1. The number of aromatic nitrogens is 2. The van der Waals surface area contributed by atoms with Crippen molar-refractivity contribution in [1.82, 2.24) is 25.7 Å². The number of aryl methyl sites for hydroxylation is 1. The summed E-state index contributed by atoms with van der Waals surface area (Å²) in [5, 5.41) is 13.2. The summed E-state index contributed by atoms with van der Waals surface area (Å²) in [7, 11) is 0. The van der Waals surface area contributed by atoms with Gasteiger partial charge in [-0.3, -0.25) is 19.7 Å². The van der Waals surface area contributed by atoms with Gasteiger partial charge in [0.2, 0.25) is 11.8 Å². The maximum Gasteiger partial charge on any atom is 0.407 e. The second-order valence-electron chi connectivity index (χ2n) is 9.55. The van der Waals surface area contributed by atoms with Gasteiger partial charge in [-0.25, -0.2) is 9.18 Å². The van der Waals surface area contributed by atoms with Crippen LogP contribution in [0.2, 0.25) is 5.02 Å². The lowest BCUT2D eigenvalue weighted by Crippen LogP contribution is -2.52. The van der Waals surface area contributed by atoms with Gasteiger partial charge in [-0.15, -0.1) is 0 Å². The first-order valence-electron chi connectivity index (χ1n) is 12.1. The van der Waals surface area contributed by atoms with Crippen LogP contribution in [-0.2, 0) is 40.4 Å². The Balaban J connectivity index is 1.23. The van der Waals surface area contributed by atoms with Crippen LogP contribution < -0.4 is 10.6 Å². The first-order chi connectivity index (χ1) is 17.7. The maximum atomic E-state index is 15.3. The summed E-state index contributed by atoms with van der Waals surface area (Å²) < 4.78 is 20.6. The zero-order valence-electron chi connectivity index (χ0n) is 20.1. The number of nitrogens with one attached hydrogen (secondary N) is 2. The Bertz CT molecular complexity index is 1320. The molecule has 0 radical (unpaired) electrons. The van der Waals surface area contributed by atoms with Gasteiger partial charge in [0, 0.05) is 35.7 Å². The Morgan fingerprint density at radius 1 is 1.24 bits per heavy atom. The van der Waals surface area contributed by atoms with Crippen molar-refractivity contribution >= 4 is 35.4 Å². The highest BCUT2D eigenvalue weighted by atomic mass is 35.5.